The van der Waals surface area contributed by atoms with Crippen LogP contribution < -0.4 is 14.2 Å². The molecule has 0 bridgehead atoms. The normalized spacial score (nSPS) is 11.4. The van der Waals surface area contributed by atoms with Gasteiger partial charge in [0.2, 0.25) is 5.75 Å². The van der Waals surface area contributed by atoms with Crippen LogP contribution in [-0.2, 0) is 19.8 Å². The van der Waals surface area contributed by atoms with Gasteiger partial charge in [-0.3, -0.25) is 0 Å². The minimum Gasteiger partial charge on any atom is -0.493 e. The van der Waals surface area contributed by atoms with E-state index in [9.17, 15) is 15.3 Å². The van der Waals surface area contributed by atoms with Gasteiger partial charge in [-0.1, -0.05) is 48.6 Å². The number of aliphatic hydroxyl groups is 3. The Morgan fingerprint density at radius 2 is 0.971 bits per heavy atom. The van der Waals surface area contributed by atoms with Crippen molar-refractivity contribution in [3.63, 3.8) is 0 Å². The number of rotatable bonds is 10. The number of hydrogen-bond acceptors (Lipinski definition) is 6. The Hall–Kier alpha value is -3.58. The van der Waals surface area contributed by atoms with E-state index in [0.29, 0.717) is 33.9 Å². The zero-order valence-corrected chi connectivity index (χ0v) is 19.6. The standard InChI is InChI=1S/C28H30O6/c1-32-26-14-22(15-27(33-2)28(26)34-3)11-9-20-6-4-19(5-7-20)8-10-21-12-23(16-29)25(18-31)24(13-21)17-30/h4-15,29-31H,16-18H2,1-3H3/b10-8+,11-9+. The van der Waals surface area contributed by atoms with Gasteiger partial charge in [0.15, 0.2) is 11.5 Å². The maximum Gasteiger partial charge on any atom is 0.203 e. The van der Waals surface area contributed by atoms with Gasteiger partial charge in [0.05, 0.1) is 41.2 Å². The molecule has 0 fully saturated rings. The molecule has 0 aliphatic heterocycles. The fourth-order valence-corrected chi connectivity index (χ4v) is 3.71. The minimum atomic E-state index is -0.221. The second-order valence-corrected chi connectivity index (χ2v) is 7.58. The fourth-order valence-electron chi connectivity index (χ4n) is 3.71. The van der Waals surface area contributed by atoms with Gasteiger partial charge < -0.3 is 29.5 Å². The van der Waals surface area contributed by atoms with E-state index in [0.717, 1.165) is 22.3 Å². The molecule has 0 aromatic heterocycles. The minimum absolute atomic E-state index is 0.197. The van der Waals surface area contributed by atoms with Crippen LogP contribution in [-0.4, -0.2) is 36.6 Å². The van der Waals surface area contributed by atoms with Crippen LogP contribution in [0.25, 0.3) is 24.3 Å². The molecule has 0 heterocycles. The highest BCUT2D eigenvalue weighted by Crippen LogP contribution is 2.38. The third kappa shape index (κ3) is 5.85. The van der Waals surface area contributed by atoms with Gasteiger partial charge in [0.25, 0.3) is 0 Å². The Bertz CT molecular complexity index is 1020. The van der Waals surface area contributed by atoms with E-state index in [2.05, 4.69) is 0 Å². The number of benzene rings is 3. The monoisotopic (exact) mass is 462 g/mol. The predicted molar refractivity (Wildman–Crippen MR) is 135 cm³/mol. The molecule has 0 saturated heterocycles. The first-order chi connectivity index (χ1) is 16.6. The number of ether oxygens (including phenoxy) is 3. The van der Waals surface area contributed by atoms with Crippen molar-refractivity contribution in [3.8, 4) is 17.2 Å². The van der Waals surface area contributed by atoms with Crippen molar-refractivity contribution in [1.82, 2.24) is 0 Å². The predicted octanol–water partition coefficient (Wildman–Crippen LogP) is 4.53. The summed E-state index contributed by atoms with van der Waals surface area (Å²) in [5.74, 6) is 1.76. The molecule has 0 aliphatic rings. The molecule has 0 spiro atoms. The van der Waals surface area contributed by atoms with Gasteiger partial charge in [0, 0.05) is 0 Å². The Balaban J connectivity index is 1.77. The maximum atomic E-state index is 9.58. The highest BCUT2D eigenvalue weighted by Gasteiger charge is 2.12. The van der Waals surface area contributed by atoms with Crippen LogP contribution in [0.5, 0.6) is 17.2 Å². The Morgan fingerprint density at radius 3 is 1.32 bits per heavy atom. The summed E-state index contributed by atoms with van der Waals surface area (Å²) in [6.45, 7) is -0.615. The average molecular weight is 463 g/mol. The van der Waals surface area contributed by atoms with Crippen LogP contribution >= 0.6 is 0 Å². The maximum absolute atomic E-state index is 9.58. The van der Waals surface area contributed by atoms with E-state index in [-0.39, 0.29) is 19.8 Å². The number of aliphatic hydroxyl groups excluding tert-OH is 3. The molecule has 178 valence electrons. The highest BCUT2D eigenvalue weighted by atomic mass is 16.5. The summed E-state index contributed by atoms with van der Waals surface area (Å²) in [6, 6.07) is 15.4. The highest BCUT2D eigenvalue weighted by molar-refractivity contribution is 5.75. The van der Waals surface area contributed by atoms with Crippen LogP contribution in [0.2, 0.25) is 0 Å². The molecular weight excluding hydrogens is 432 g/mol. The van der Waals surface area contributed by atoms with Crippen molar-refractivity contribution in [1.29, 1.82) is 0 Å². The van der Waals surface area contributed by atoms with Gasteiger partial charge in [-0.15, -0.1) is 0 Å². The smallest absolute Gasteiger partial charge is 0.203 e. The molecule has 6 nitrogen and oxygen atoms in total. The lowest BCUT2D eigenvalue weighted by Gasteiger charge is -2.12. The summed E-state index contributed by atoms with van der Waals surface area (Å²) < 4.78 is 16.2. The summed E-state index contributed by atoms with van der Waals surface area (Å²) in [5, 5.41) is 28.7. The first-order valence-corrected chi connectivity index (χ1v) is 10.8. The van der Waals surface area contributed by atoms with Crippen LogP contribution in [0.15, 0.2) is 48.5 Å². The van der Waals surface area contributed by atoms with E-state index in [4.69, 9.17) is 14.2 Å². The molecule has 0 aliphatic carbocycles. The molecule has 3 N–H and O–H groups in total. The van der Waals surface area contributed by atoms with Crippen LogP contribution in [0, 0.1) is 0 Å². The molecule has 6 heteroatoms. The molecule has 0 amide bonds. The van der Waals surface area contributed by atoms with Crippen molar-refractivity contribution in [2.45, 2.75) is 19.8 Å². The van der Waals surface area contributed by atoms with Crippen LogP contribution in [0.1, 0.15) is 38.9 Å². The van der Waals surface area contributed by atoms with Crippen LogP contribution in [0.3, 0.4) is 0 Å². The van der Waals surface area contributed by atoms with Crippen molar-refractivity contribution >= 4 is 24.3 Å². The third-order valence-electron chi connectivity index (χ3n) is 5.52. The quantitative estimate of drug-likeness (QED) is 0.384. The number of methoxy groups -OCH3 is 3. The Morgan fingerprint density at radius 1 is 0.559 bits per heavy atom. The molecule has 3 aromatic rings. The van der Waals surface area contributed by atoms with Crippen molar-refractivity contribution < 1.29 is 29.5 Å². The topological polar surface area (TPSA) is 88.4 Å². The van der Waals surface area contributed by atoms with Gasteiger partial charge in [-0.2, -0.15) is 0 Å². The Kier molecular flexibility index (Phi) is 8.87. The molecule has 3 rings (SSSR count). The largest absolute Gasteiger partial charge is 0.493 e. The third-order valence-corrected chi connectivity index (χ3v) is 5.52. The van der Waals surface area contributed by atoms with Crippen LogP contribution in [0.4, 0.5) is 0 Å². The summed E-state index contributed by atoms with van der Waals surface area (Å²) in [4.78, 5) is 0. The average Bonchev–Trinajstić information content (AvgIpc) is 2.89. The zero-order valence-electron chi connectivity index (χ0n) is 19.6. The first kappa shape index (κ1) is 25.1. The lowest BCUT2D eigenvalue weighted by atomic mass is 9.98. The second-order valence-electron chi connectivity index (χ2n) is 7.58. The van der Waals surface area contributed by atoms with Gasteiger partial charge >= 0.3 is 0 Å². The fraction of sp³-hybridized carbons (Fsp3) is 0.214. The molecule has 0 atom stereocenters. The SMILES string of the molecule is COc1cc(/C=C/c2ccc(/C=C/c3cc(CO)c(CO)c(CO)c3)cc2)cc(OC)c1OC. The molecule has 0 unspecified atom stereocenters. The van der Waals surface area contributed by atoms with Crippen molar-refractivity contribution in [2.24, 2.45) is 0 Å². The van der Waals surface area contributed by atoms with Crippen molar-refractivity contribution in [3.05, 3.63) is 87.5 Å². The van der Waals surface area contributed by atoms with Gasteiger partial charge in [-0.25, -0.2) is 0 Å². The molecule has 34 heavy (non-hydrogen) atoms. The molecule has 0 radical (unpaired) electrons. The summed E-state index contributed by atoms with van der Waals surface area (Å²) in [6.07, 6.45) is 7.86. The molecule has 0 saturated carbocycles. The summed E-state index contributed by atoms with van der Waals surface area (Å²) >= 11 is 0. The Labute approximate surface area is 200 Å². The zero-order chi connectivity index (χ0) is 24.5. The summed E-state index contributed by atoms with van der Waals surface area (Å²) in [7, 11) is 4.76. The summed E-state index contributed by atoms with van der Waals surface area (Å²) in [5.41, 5.74) is 5.60. The van der Waals surface area contributed by atoms with Gasteiger partial charge in [-0.05, 0) is 63.2 Å². The lowest BCUT2D eigenvalue weighted by molar-refractivity contribution is 0.247. The van der Waals surface area contributed by atoms with E-state index in [1.165, 1.54) is 0 Å². The van der Waals surface area contributed by atoms with E-state index >= 15 is 0 Å². The first-order valence-electron chi connectivity index (χ1n) is 10.8. The van der Waals surface area contributed by atoms with E-state index < -0.39 is 0 Å². The molecule has 3 aromatic carbocycles. The number of hydrogen-bond donors (Lipinski definition) is 3. The van der Waals surface area contributed by atoms with E-state index in [1.54, 1.807) is 21.3 Å². The molecular formula is C28H30O6. The van der Waals surface area contributed by atoms with Gasteiger partial charge in [0.1, 0.15) is 0 Å². The van der Waals surface area contributed by atoms with Crippen molar-refractivity contribution in [2.75, 3.05) is 21.3 Å². The van der Waals surface area contributed by atoms with E-state index in [1.807, 2.05) is 72.8 Å². The second kappa shape index (κ2) is 12.0. The lowest BCUT2D eigenvalue weighted by Crippen LogP contribution is -2.01.